The molecule has 17 rings (SSSR count). The Labute approximate surface area is 506 Å². The summed E-state index contributed by atoms with van der Waals surface area (Å²) in [5.74, 6) is 4.23. The molecule has 0 saturated carbocycles. The van der Waals surface area contributed by atoms with Crippen molar-refractivity contribution in [3.8, 4) is 91.5 Å². The normalized spacial score (nSPS) is 11.7. The number of hydrogen-bond acceptors (Lipinski definition) is 18. The summed E-state index contributed by atoms with van der Waals surface area (Å²) in [4.78, 5) is 89.9. The molecule has 0 aliphatic carbocycles. The van der Waals surface area contributed by atoms with Crippen LogP contribution in [0.15, 0.2) is 231 Å². The zero-order chi connectivity index (χ0) is 58.7. The van der Waals surface area contributed by atoms with Gasteiger partial charge in [0, 0.05) is 115 Å². The molecule has 0 fully saturated rings. The van der Waals surface area contributed by atoms with E-state index in [1.165, 1.54) is 24.3 Å². The first-order valence-electron chi connectivity index (χ1n) is 27.2. The van der Waals surface area contributed by atoms with Crippen LogP contribution in [0.1, 0.15) is 0 Å². The fourth-order valence-electron chi connectivity index (χ4n) is 10.8. The molecule has 0 unspecified atom stereocenters. The van der Waals surface area contributed by atoms with Gasteiger partial charge in [0.05, 0.1) is 23.3 Å². The molecule has 9 heterocycles. The Morgan fingerprint density at radius 1 is 0.258 bits per heavy atom. The minimum absolute atomic E-state index is 0. The molecule has 0 saturated heterocycles. The van der Waals surface area contributed by atoms with E-state index in [0.29, 0.717) is 112 Å². The van der Waals surface area contributed by atoms with E-state index in [1.807, 2.05) is 24.3 Å². The van der Waals surface area contributed by atoms with Gasteiger partial charge in [0.1, 0.15) is 68.3 Å². The first kappa shape index (κ1) is 52.2. The first-order chi connectivity index (χ1) is 43.0. The Kier molecular flexibility index (Phi) is 12.0. The third-order valence-corrected chi connectivity index (χ3v) is 14.9. The molecule has 0 atom stereocenters. The van der Waals surface area contributed by atoms with Gasteiger partial charge in [-0.25, -0.2) is 29.1 Å². The number of ether oxygens (including phenoxy) is 4. The molecule has 0 amide bonds. The molecule has 8 bridgehead atoms. The number of aromatic nitrogens is 8. The summed E-state index contributed by atoms with van der Waals surface area (Å²) in [6.07, 6.45) is 0. The van der Waals surface area contributed by atoms with Crippen LogP contribution in [0.3, 0.4) is 0 Å². The van der Waals surface area contributed by atoms with E-state index in [9.17, 15) is 19.2 Å². The van der Waals surface area contributed by atoms with Crippen molar-refractivity contribution in [2.75, 3.05) is 0 Å². The minimum Gasteiger partial charge on any atom is -0.457 e. The van der Waals surface area contributed by atoms with Crippen LogP contribution in [-0.4, -0.2) is 29.9 Å². The summed E-state index contributed by atoms with van der Waals surface area (Å²) in [5.41, 5.74) is 2.63. The average molecular weight is 1210 g/mol. The molecule has 0 N–H and O–H groups in total. The van der Waals surface area contributed by atoms with E-state index in [0.717, 1.165) is 21.5 Å². The molecular formula is C68H32CoN8O12. The second-order valence-electron chi connectivity index (χ2n) is 20.5. The van der Waals surface area contributed by atoms with Gasteiger partial charge < -0.3 is 66.5 Å². The van der Waals surface area contributed by atoms with Crippen molar-refractivity contribution < 1.29 is 53.4 Å². The van der Waals surface area contributed by atoms with Crippen molar-refractivity contribution in [3.63, 3.8) is 0 Å². The maximum Gasteiger partial charge on any atom is 2.00 e. The van der Waals surface area contributed by atoms with Crippen molar-refractivity contribution >= 4 is 88.0 Å². The van der Waals surface area contributed by atoms with E-state index in [4.69, 9.17) is 76.5 Å². The Morgan fingerprint density at radius 3 is 0.854 bits per heavy atom. The monoisotopic (exact) mass is 1210 g/mol. The average Bonchev–Trinajstić information content (AvgIpc) is 2.28. The van der Waals surface area contributed by atoms with Crippen molar-refractivity contribution in [2.24, 2.45) is 0 Å². The molecule has 1 radical (unpaired) electrons. The van der Waals surface area contributed by atoms with Crippen molar-refractivity contribution in [2.45, 2.75) is 0 Å². The molecule has 425 valence electrons. The van der Waals surface area contributed by atoms with Crippen LogP contribution in [0.5, 0.6) is 46.0 Å². The van der Waals surface area contributed by atoms with Gasteiger partial charge in [-0.15, -0.1) is 0 Å². The van der Waals surface area contributed by atoms with Crippen LogP contribution < -0.4 is 51.4 Å². The predicted molar refractivity (Wildman–Crippen MR) is 324 cm³/mol. The van der Waals surface area contributed by atoms with E-state index in [1.54, 1.807) is 146 Å². The summed E-state index contributed by atoms with van der Waals surface area (Å²) in [7, 11) is 0. The molecular weight excluding hydrogens is 1180 g/mol. The molecule has 15 aromatic rings. The van der Waals surface area contributed by atoms with Gasteiger partial charge in [-0.1, -0.05) is 0 Å². The first-order valence-corrected chi connectivity index (χ1v) is 27.2. The third-order valence-electron chi connectivity index (χ3n) is 14.9. The van der Waals surface area contributed by atoms with Crippen LogP contribution in [0, 0.1) is 0 Å². The number of hydrogen-bond donors (Lipinski definition) is 0. The van der Waals surface area contributed by atoms with E-state index >= 15 is 0 Å². The van der Waals surface area contributed by atoms with Gasteiger partial charge >= 0.3 is 39.3 Å². The molecule has 21 heteroatoms. The van der Waals surface area contributed by atoms with Gasteiger partial charge in [0.2, 0.25) is 0 Å². The van der Waals surface area contributed by atoms with Crippen LogP contribution in [0.2, 0.25) is 0 Å². The Hall–Kier alpha value is -12.3. The second kappa shape index (κ2) is 20.4. The van der Waals surface area contributed by atoms with Gasteiger partial charge in [-0.3, -0.25) is 0 Å². The molecule has 8 aromatic carbocycles. The third kappa shape index (κ3) is 9.52. The van der Waals surface area contributed by atoms with Crippen molar-refractivity contribution in [3.05, 3.63) is 236 Å². The Morgan fingerprint density at radius 2 is 0.517 bits per heavy atom. The quantitative estimate of drug-likeness (QED) is 0.128. The maximum atomic E-state index is 12.2. The number of fused-ring (bicyclic) bond motifs is 24. The molecule has 2 aliphatic rings. The number of rotatable bonds is 8. The zero-order valence-corrected chi connectivity index (χ0v) is 46.3. The summed E-state index contributed by atoms with van der Waals surface area (Å²) < 4.78 is 47.6. The van der Waals surface area contributed by atoms with Gasteiger partial charge in [0.15, 0.2) is 0 Å². The fraction of sp³-hybridized carbons (Fsp3) is 0. The SMILES string of the molecule is O=c1ccc2ccc(Oc3ccc4c(c3)-c3nc-4nc4[n-]c(nc5nc(nc6[n-]c(n3)c3cc(Oc7ccc8ccc(=O)oc8c7)ccc63)-c3ccc(Oc6ccc7ccc(=O)oc7c6)cc3-5)c3cc(Oc5ccc6ccc(=O)oc6c5)ccc43)cc2o1.[Co+2]. The summed E-state index contributed by atoms with van der Waals surface area (Å²) >= 11 is 0. The van der Waals surface area contributed by atoms with Crippen LogP contribution in [0.25, 0.3) is 134 Å². The van der Waals surface area contributed by atoms with Crippen LogP contribution in [-0.2, 0) is 16.8 Å². The number of nitrogens with zero attached hydrogens (tertiary/aromatic N) is 8. The van der Waals surface area contributed by atoms with Crippen LogP contribution in [0.4, 0.5) is 0 Å². The topological polar surface area (TPSA) is 263 Å². The second-order valence-corrected chi connectivity index (χ2v) is 20.5. The maximum absolute atomic E-state index is 12.2. The molecule has 20 nitrogen and oxygen atoms in total. The fourth-order valence-corrected chi connectivity index (χ4v) is 10.8. The summed E-state index contributed by atoms with van der Waals surface area (Å²) in [6, 6.07) is 54.5. The van der Waals surface area contributed by atoms with E-state index < -0.39 is 22.5 Å². The molecule has 7 aromatic heterocycles. The van der Waals surface area contributed by atoms with E-state index in [2.05, 4.69) is 0 Å². The van der Waals surface area contributed by atoms with E-state index in [-0.39, 0.29) is 62.7 Å². The standard InChI is InChI=1S/C68H32N8O12.Co/c77-57-21-5-33-1-9-41(29-53(33)85-57)81-37-13-17-45-49(25-37)65-71-61(45)69-62-47-19-15-39(83-43-11-3-35-7-23-59(79)87-55(35)31-43)27-51(47)67(73-62)76-68-52-28-40(84-44-12-4-36-8-24-60(80)88-56(36)32-44)16-20-48(52)64(74-68)70-63-46-18-14-38(26-50(46)66(72-63)75-65)82-42-10-2-34-6-22-58(78)86-54(34)30-42;/h1-32H;/q-2;+2. The largest absolute Gasteiger partial charge is 2.00 e. The van der Waals surface area contributed by atoms with Gasteiger partial charge in [-0.05, 0) is 167 Å². The van der Waals surface area contributed by atoms with Gasteiger partial charge in [0.25, 0.3) is 0 Å². The van der Waals surface area contributed by atoms with Crippen LogP contribution >= 0.6 is 0 Å². The summed E-state index contributed by atoms with van der Waals surface area (Å²) in [5, 5.41) is 5.12. The minimum atomic E-state index is -0.494. The van der Waals surface area contributed by atoms with Crippen molar-refractivity contribution in [1.29, 1.82) is 0 Å². The Bertz CT molecular complexity index is 5630. The van der Waals surface area contributed by atoms with Gasteiger partial charge in [-0.2, -0.15) is 0 Å². The molecule has 0 spiro atoms. The number of benzene rings is 8. The molecule has 89 heavy (non-hydrogen) atoms. The predicted octanol–water partition coefficient (Wildman–Crippen LogP) is 13.7. The smallest absolute Gasteiger partial charge is 0.457 e. The van der Waals surface area contributed by atoms with Crippen molar-refractivity contribution in [1.82, 2.24) is 39.9 Å². The Balaban J connectivity index is 0.00000636. The zero-order valence-electron chi connectivity index (χ0n) is 45.3. The summed E-state index contributed by atoms with van der Waals surface area (Å²) in [6.45, 7) is 0. The molecule has 2 aliphatic heterocycles.